The summed E-state index contributed by atoms with van der Waals surface area (Å²) in [6, 6.07) is 5.95. The van der Waals surface area contributed by atoms with Crippen molar-refractivity contribution in [2.45, 2.75) is 46.6 Å². The SMILES string of the molecule is CCC(CC)C(=O)NCC(O)c1ccc(C)cc1C. The predicted molar refractivity (Wildman–Crippen MR) is 78.0 cm³/mol. The van der Waals surface area contributed by atoms with Gasteiger partial charge >= 0.3 is 0 Å². The number of amides is 1. The molecule has 0 saturated carbocycles. The fourth-order valence-electron chi connectivity index (χ4n) is 2.31. The molecule has 0 spiro atoms. The van der Waals surface area contributed by atoms with E-state index in [1.807, 2.05) is 45.9 Å². The van der Waals surface area contributed by atoms with E-state index < -0.39 is 6.10 Å². The molecule has 0 aliphatic carbocycles. The minimum atomic E-state index is -0.640. The van der Waals surface area contributed by atoms with Gasteiger partial charge < -0.3 is 10.4 Å². The largest absolute Gasteiger partial charge is 0.387 e. The fourth-order valence-corrected chi connectivity index (χ4v) is 2.31. The lowest BCUT2D eigenvalue weighted by Crippen LogP contribution is -2.33. The Balaban J connectivity index is 2.60. The van der Waals surface area contributed by atoms with Crippen molar-refractivity contribution < 1.29 is 9.90 Å². The summed E-state index contributed by atoms with van der Waals surface area (Å²) < 4.78 is 0. The maximum absolute atomic E-state index is 11.9. The summed E-state index contributed by atoms with van der Waals surface area (Å²) in [7, 11) is 0. The van der Waals surface area contributed by atoms with E-state index in [1.165, 1.54) is 5.56 Å². The minimum Gasteiger partial charge on any atom is -0.387 e. The molecular weight excluding hydrogens is 238 g/mol. The first-order valence-corrected chi connectivity index (χ1v) is 7.02. The van der Waals surface area contributed by atoms with Gasteiger partial charge in [0.2, 0.25) is 5.91 Å². The Morgan fingerprint density at radius 2 is 1.89 bits per heavy atom. The fraction of sp³-hybridized carbons (Fsp3) is 0.562. The van der Waals surface area contributed by atoms with Crippen molar-refractivity contribution in [2.24, 2.45) is 5.92 Å². The Labute approximate surface area is 116 Å². The second-order valence-corrected chi connectivity index (χ2v) is 5.13. The lowest BCUT2D eigenvalue weighted by atomic mass is 10.00. The van der Waals surface area contributed by atoms with Gasteiger partial charge in [-0.3, -0.25) is 4.79 Å². The zero-order valence-electron chi connectivity index (χ0n) is 12.4. The molecule has 3 heteroatoms. The van der Waals surface area contributed by atoms with Gasteiger partial charge in [-0.2, -0.15) is 0 Å². The van der Waals surface area contributed by atoms with Gasteiger partial charge in [-0.15, -0.1) is 0 Å². The van der Waals surface area contributed by atoms with Gasteiger partial charge in [-0.05, 0) is 37.8 Å². The molecule has 1 aromatic carbocycles. The second-order valence-electron chi connectivity index (χ2n) is 5.13. The molecule has 3 nitrogen and oxygen atoms in total. The van der Waals surface area contributed by atoms with Crippen molar-refractivity contribution in [2.75, 3.05) is 6.54 Å². The predicted octanol–water partition coefficient (Wildman–Crippen LogP) is 2.89. The first-order valence-electron chi connectivity index (χ1n) is 7.02. The molecule has 0 fully saturated rings. The molecule has 1 unspecified atom stereocenters. The van der Waals surface area contributed by atoms with Crippen LogP contribution in [-0.2, 0) is 4.79 Å². The summed E-state index contributed by atoms with van der Waals surface area (Å²) in [5.74, 6) is 0.0835. The maximum atomic E-state index is 11.9. The van der Waals surface area contributed by atoms with Gasteiger partial charge in [0, 0.05) is 12.5 Å². The average molecular weight is 263 g/mol. The van der Waals surface area contributed by atoms with E-state index in [0.717, 1.165) is 24.0 Å². The zero-order valence-corrected chi connectivity index (χ0v) is 12.4. The highest BCUT2D eigenvalue weighted by Gasteiger charge is 2.16. The zero-order chi connectivity index (χ0) is 14.4. The van der Waals surface area contributed by atoms with Crippen molar-refractivity contribution in [1.29, 1.82) is 0 Å². The van der Waals surface area contributed by atoms with Crippen LogP contribution in [0.25, 0.3) is 0 Å². The third-order valence-electron chi connectivity index (χ3n) is 3.61. The van der Waals surface area contributed by atoms with Crippen LogP contribution < -0.4 is 5.32 Å². The Morgan fingerprint density at radius 3 is 2.42 bits per heavy atom. The second kappa shape index (κ2) is 7.29. The molecule has 1 amide bonds. The Hall–Kier alpha value is -1.35. The van der Waals surface area contributed by atoms with Crippen molar-refractivity contribution >= 4 is 5.91 Å². The van der Waals surface area contributed by atoms with Gasteiger partial charge in [-0.1, -0.05) is 37.6 Å². The monoisotopic (exact) mass is 263 g/mol. The number of carbonyl (C=O) groups is 1. The molecule has 0 heterocycles. The molecule has 0 bridgehead atoms. The van der Waals surface area contributed by atoms with E-state index in [-0.39, 0.29) is 18.4 Å². The van der Waals surface area contributed by atoms with Crippen LogP contribution in [0.5, 0.6) is 0 Å². The highest BCUT2D eigenvalue weighted by molar-refractivity contribution is 5.78. The molecule has 1 rings (SSSR count). The summed E-state index contributed by atoms with van der Waals surface area (Å²) >= 11 is 0. The van der Waals surface area contributed by atoms with E-state index in [9.17, 15) is 9.90 Å². The third kappa shape index (κ3) is 4.35. The summed E-state index contributed by atoms with van der Waals surface area (Å²) in [6.07, 6.45) is 1.03. The normalized spacial score (nSPS) is 12.5. The number of hydrogen-bond acceptors (Lipinski definition) is 2. The topological polar surface area (TPSA) is 49.3 Å². The lowest BCUT2D eigenvalue weighted by Gasteiger charge is -2.17. The first-order chi connectivity index (χ1) is 8.99. The summed E-state index contributed by atoms with van der Waals surface area (Å²) in [5, 5.41) is 13.0. The van der Waals surface area contributed by atoms with Crippen LogP contribution in [0, 0.1) is 19.8 Å². The Kier molecular flexibility index (Phi) is 6.03. The van der Waals surface area contributed by atoms with E-state index in [4.69, 9.17) is 0 Å². The molecule has 1 aromatic rings. The third-order valence-corrected chi connectivity index (χ3v) is 3.61. The smallest absolute Gasteiger partial charge is 0.223 e. The van der Waals surface area contributed by atoms with Crippen molar-refractivity contribution in [3.05, 3.63) is 34.9 Å². The van der Waals surface area contributed by atoms with Gasteiger partial charge in [0.25, 0.3) is 0 Å². The number of nitrogens with one attached hydrogen (secondary N) is 1. The quantitative estimate of drug-likeness (QED) is 0.829. The molecule has 0 aromatic heterocycles. The van der Waals surface area contributed by atoms with Crippen LogP contribution in [0.15, 0.2) is 18.2 Å². The number of aliphatic hydroxyl groups excluding tert-OH is 1. The van der Waals surface area contributed by atoms with Crippen molar-refractivity contribution in [1.82, 2.24) is 5.32 Å². The average Bonchev–Trinajstić information content (AvgIpc) is 2.37. The van der Waals surface area contributed by atoms with E-state index in [1.54, 1.807) is 0 Å². The molecule has 0 radical (unpaired) electrons. The first kappa shape index (κ1) is 15.7. The van der Waals surface area contributed by atoms with Crippen molar-refractivity contribution in [3.63, 3.8) is 0 Å². The molecule has 106 valence electrons. The molecule has 0 saturated heterocycles. The highest BCUT2D eigenvalue weighted by atomic mass is 16.3. The number of carbonyl (C=O) groups excluding carboxylic acids is 1. The van der Waals surface area contributed by atoms with Crippen LogP contribution >= 0.6 is 0 Å². The van der Waals surface area contributed by atoms with E-state index in [0.29, 0.717) is 0 Å². The van der Waals surface area contributed by atoms with Crippen molar-refractivity contribution in [3.8, 4) is 0 Å². The van der Waals surface area contributed by atoms with Gasteiger partial charge in [0.1, 0.15) is 0 Å². The van der Waals surface area contributed by atoms with Crippen LogP contribution in [0.1, 0.15) is 49.5 Å². The van der Waals surface area contributed by atoms with Crippen LogP contribution in [0.2, 0.25) is 0 Å². The molecule has 0 aliphatic heterocycles. The molecule has 1 atom stereocenters. The van der Waals surface area contributed by atoms with Gasteiger partial charge in [0.05, 0.1) is 6.10 Å². The van der Waals surface area contributed by atoms with Crippen LogP contribution in [0.3, 0.4) is 0 Å². The van der Waals surface area contributed by atoms with E-state index in [2.05, 4.69) is 5.32 Å². The maximum Gasteiger partial charge on any atom is 0.223 e. The van der Waals surface area contributed by atoms with Crippen LogP contribution in [-0.4, -0.2) is 17.6 Å². The summed E-state index contributed by atoms with van der Waals surface area (Å²) in [5.41, 5.74) is 3.12. The van der Waals surface area contributed by atoms with E-state index >= 15 is 0 Å². The molecule has 19 heavy (non-hydrogen) atoms. The lowest BCUT2D eigenvalue weighted by molar-refractivity contribution is -0.125. The summed E-state index contributed by atoms with van der Waals surface area (Å²) in [4.78, 5) is 11.9. The number of aliphatic hydroxyl groups is 1. The number of rotatable bonds is 6. The van der Waals surface area contributed by atoms with Gasteiger partial charge in [0.15, 0.2) is 0 Å². The van der Waals surface area contributed by atoms with Gasteiger partial charge in [-0.25, -0.2) is 0 Å². The molecule has 2 N–H and O–H groups in total. The number of benzene rings is 1. The standard InChI is InChI=1S/C16H25NO2/c1-5-13(6-2)16(19)17-10-15(18)14-8-7-11(3)9-12(14)4/h7-9,13,15,18H,5-6,10H2,1-4H3,(H,17,19). The molecule has 0 aliphatic rings. The highest BCUT2D eigenvalue weighted by Crippen LogP contribution is 2.18. The summed E-state index contributed by atoms with van der Waals surface area (Å²) in [6.45, 7) is 8.30. The number of hydrogen-bond donors (Lipinski definition) is 2. The Bertz CT molecular complexity index is 425. The minimum absolute atomic E-state index is 0.0359. The molecular formula is C16H25NO2. The Morgan fingerprint density at radius 1 is 1.26 bits per heavy atom. The van der Waals surface area contributed by atoms with Crippen LogP contribution in [0.4, 0.5) is 0 Å². The number of aryl methyl sites for hydroxylation is 2.